The summed E-state index contributed by atoms with van der Waals surface area (Å²) in [6, 6.07) is -0.453. The first-order valence-corrected chi connectivity index (χ1v) is 6.68. The Balaban J connectivity index is 2.04. The van der Waals surface area contributed by atoms with Crippen molar-refractivity contribution in [2.24, 2.45) is 5.73 Å². The Labute approximate surface area is 110 Å². The van der Waals surface area contributed by atoms with Gasteiger partial charge in [0, 0.05) is 32.7 Å². The lowest BCUT2D eigenvalue weighted by atomic mass is 10.2. The van der Waals surface area contributed by atoms with Gasteiger partial charge in [0.1, 0.15) is 0 Å². The van der Waals surface area contributed by atoms with E-state index >= 15 is 0 Å². The van der Waals surface area contributed by atoms with Crippen LogP contribution in [0.4, 0.5) is 0 Å². The molecule has 1 aliphatic heterocycles. The molecule has 104 valence electrons. The number of nitrogens with one attached hydrogen (secondary N) is 1. The van der Waals surface area contributed by atoms with Crippen LogP contribution >= 0.6 is 0 Å². The van der Waals surface area contributed by atoms with E-state index in [1.807, 2.05) is 0 Å². The van der Waals surface area contributed by atoms with Gasteiger partial charge in [-0.05, 0) is 26.4 Å². The predicted molar refractivity (Wildman–Crippen MR) is 74.4 cm³/mol. The average Bonchev–Trinajstić information content (AvgIpc) is 2.36. The number of piperazine rings is 1. The van der Waals surface area contributed by atoms with Crippen LogP contribution in [0.2, 0.25) is 0 Å². The van der Waals surface area contributed by atoms with Crippen LogP contribution in [-0.2, 0) is 4.79 Å². The maximum atomic E-state index is 11.5. The molecule has 0 aromatic carbocycles. The van der Waals surface area contributed by atoms with Crippen LogP contribution in [0.1, 0.15) is 12.8 Å². The normalized spacial score (nSPS) is 19.4. The van der Waals surface area contributed by atoms with E-state index in [1.165, 1.54) is 0 Å². The summed E-state index contributed by atoms with van der Waals surface area (Å²) in [5.74, 6) is -0.0757. The van der Waals surface area contributed by atoms with Crippen LogP contribution in [-0.4, -0.2) is 68.1 Å². The molecule has 1 aliphatic rings. The van der Waals surface area contributed by atoms with Crippen LogP contribution in [0, 0.1) is 0 Å². The summed E-state index contributed by atoms with van der Waals surface area (Å²) in [5.41, 5.74) is 5.67. The molecule has 0 aromatic heterocycles. The average molecular weight is 254 g/mol. The molecule has 3 N–H and O–H groups in total. The topological polar surface area (TPSA) is 61.6 Å². The van der Waals surface area contributed by atoms with Crippen molar-refractivity contribution in [1.82, 2.24) is 15.1 Å². The molecule has 1 atom stereocenters. The molecule has 1 unspecified atom stereocenters. The highest BCUT2D eigenvalue weighted by atomic mass is 16.2. The second kappa shape index (κ2) is 8.24. The van der Waals surface area contributed by atoms with Crippen LogP contribution in [0.5, 0.6) is 0 Å². The van der Waals surface area contributed by atoms with Gasteiger partial charge in [0.15, 0.2) is 0 Å². The third-order valence-electron chi connectivity index (χ3n) is 3.30. The Morgan fingerprint density at radius 3 is 2.72 bits per heavy atom. The molecular formula is C13H26N4O. The quantitative estimate of drug-likeness (QED) is 0.481. The van der Waals surface area contributed by atoms with Crippen LogP contribution in [0.3, 0.4) is 0 Å². The molecule has 0 bridgehead atoms. The summed E-state index contributed by atoms with van der Waals surface area (Å²) in [5, 5.41) is 2.87. The lowest BCUT2D eigenvalue weighted by Crippen LogP contribution is -2.45. The van der Waals surface area contributed by atoms with Gasteiger partial charge in [-0.25, -0.2) is 0 Å². The molecule has 0 aromatic rings. The first-order chi connectivity index (χ1) is 8.63. The van der Waals surface area contributed by atoms with Crippen molar-refractivity contribution >= 4 is 5.91 Å². The third kappa shape index (κ3) is 5.62. The molecule has 18 heavy (non-hydrogen) atoms. The third-order valence-corrected chi connectivity index (χ3v) is 3.30. The smallest absolute Gasteiger partial charge is 0.237 e. The molecule has 1 fully saturated rings. The van der Waals surface area contributed by atoms with E-state index in [2.05, 4.69) is 28.7 Å². The van der Waals surface area contributed by atoms with Crippen LogP contribution < -0.4 is 11.1 Å². The van der Waals surface area contributed by atoms with Crippen molar-refractivity contribution in [3.8, 4) is 0 Å². The zero-order chi connectivity index (χ0) is 13.4. The molecule has 0 radical (unpaired) electrons. The van der Waals surface area contributed by atoms with Gasteiger partial charge in [0.05, 0.1) is 6.04 Å². The van der Waals surface area contributed by atoms with E-state index < -0.39 is 6.04 Å². The van der Waals surface area contributed by atoms with E-state index in [1.54, 1.807) is 6.08 Å². The number of likely N-dealkylation sites (N-methyl/N-ethyl adjacent to an activating group) is 1. The van der Waals surface area contributed by atoms with Gasteiger partial charge in [-0.1, -0.05) is 6.08 Å². The highest BCUT2D eigenvalue weighted by Gasteiger charge is 2.14. The maximum Gasteiger partial charge on any atom is 0.237 e. The van der Waals surface area contributed by atoms with E-state index in [0.717, 1.165) is 39.1 Å². The maximum absolute atomic E-state index is 11.5. The number of hydrogen-bond donors (Lipinski definition) is 2. The minimum absolute atomic E-state index is 0.0757. The molecule has 1 amide bonds. The Hall–Kier alpha value is -0.910. The standard InChI is InChI=1S/C13H26N4O/c1-3-5-12(14)13(18)15-6-4-7-17-10-8-16(2)9-11-17/h3,12H,1,4-11,14H2,2H3,(H,15,18). The Kier molecular flexibility index (Phi) is 6.93. The minimum Gasteiger partial charge on any atom is -0.355 e. The fraction of sp³-hybridized carbons (Fsp3) is 0.769. The van der Waals surface area contributed by atoms with E-state index in [0.29, 0.717) is 13.0 Å². The van der Waals surface area contributed by atoms with Crippen LogP contribution in [0.15, 0.2) is 12.7 Å². The molecule has 0 spiro atoms. The van der Waals surface area contributed by atoms with Gasteiger partial charge in [-0.2, -0.15) is 0 Å². The fourth-order valence-corrected chi connectivity index (χ4v) is 2.00. The highest BCUT2D eigenvalue weighted by molar-refractivity contribution is 5.81. The minimum atomic E-state index is -0.453. The van der Waals surface area contributed by atoms with Gasteiger partial charge in [-0.15, -0.1) is 6.58 Å². The number of nitrogens with two attached hydrogens (primary N) is 1. The monoisotopic (exact) mass is 254 g/mol. The van der Waals surface area contributed by atoms with E-state index in [-0.39, 0.29) is 5.91 Å². The number of carbonyl (C=O) groups is 1. The first-order valence-electron chi connectivity index (χ1n) is 6.68. The summed E-state index contributed by atoms with van der Waals surface area (Å²) < 4.78 is 0. The molecule has 1 heterocycles. The lowest BCUT2D eigenvalue weighted by molar-refractivity contribution is -0.122. The highest BCUT2D eigenvalue weighted by Crippen LogP contribution is 1.99. The predicted octanol–water partition coefficient (Wildman–Crippen LogP) is -0.356. The Morgan fingerprint density at radius 1 is 1.44 bits per heavy atom. The molecule has 5 nitrogen and oxygen atoms in total. The van der Waals surface area contributed by atoms with Crippen molar-refractivity contribution in [3.05, 3.63) is 12.7 Å². The molecule has 5 heteroatoms. The van der Waals surface area contributed by atoms with Crippen LogP contribution in [0.25, 0.3) is 0 Å². The zero-order valence-corrected chi connectivity index (χ0v) is 11.4. The number of hydrogen-bond acceptors (Lipinski definition) is 4. The summed E-state index contributed by atoms with van der Waals surface area (Å²) >= 11 is 0. The summed E-state index contributed by atoms with van der Waals surface area (Å²) in [4.78, 5) is 16.3. The largest absolute Gasteiger partial charge is 0.355 e. The SMILES string of the molecule is C=CCC(N)C(=O)NCCCN1CCN(C)CC1. The van der Waals surface area contributed by atoms with Crippen molar-refractivity contribution in [3.63, 3.8) is 0 Å². The lowest BCUT2D eigenvalue weighted by Gasteiger charge is -2.32. The van der Waals surface area contributed by atoms with Gasteiger partial charge < -0.3 is 20.9 Å². The fourth-order valence-electron chi connectivity index (χ4n) is 2.00. The molecule has 0 aliphatic carbocycles. The zero-order valence-electron chi connectivity index (χ0n) is 11.4. The van der Waals surface area contributed by atoms with Gasteiger partial charge in [-0.3, -0.25) is 4.79 Å². The number of nitrogens with zero attached hydrogens (tertiary/aromatic N) is 2. The summed E-state index contributed by atoms with van der Waals surface area (Å²) in [6.45, 7) is 9.85. The van der Waals surface area contributed by atoms with Crippen molar-refractivity contribution in [1.29, 1.82) is 0 Å². The Bertz CT molecular complexity index is 262. The van der Waals surface area contributed by atoms with E-state index in [4.69, 9.17) is 5.73 Å². The van der Waals surface area contributed by atoms with E-state index in [9.17, 15) is 4.79 Å². The molecule has 1 rings (SSSR count). The summed E-state index contributed by atoms with van der Waals surface area (Å²) in [7, 11) is 2.15. The molecular weight excluding hydrogens is 228 g/mol. The van der Waals surface area contributed by atoms with Gasteiger partial charge in [0.2, 0.25) is 5.91 Å². The Morgan fingerprint density at radius 2 is 2.11 bits per heavy atom. The number of amides is 1. The number of carbonyl (C=O) groups excluding carboxylic acids is 1. The van der Waals surface area contributed by atoms with Gasteiger partial charge in [0.25, 0.3) is 0 Å². The number of rotatable bonds is 7. The second-order valence-electron chi connectivity index (χ2n) is 4.92. The second-order valence-corrected chi connectivity index (χ2v) is 4.92. The molecule has 1 saturated heterocycles. The van der Waals surface area contributed by atoms with Crippen molar-refractivity contribution < 1.29 is 4.79 Å². The van der Waals surface area contributed by atoms with Crippen molar-refractivity contribution in [2.75, 3.05) is 46.3 Å². The molecule has 0 saturated carbocycles. The summed E-state index contributed by atoms with van der Waals surface area (Å²) in [6.07, 6.45) is 3.19. The van der Waals surface area contributed by atoms with Gasteiger partial charge >= 0.3 is 0 Å². The first kappa shape index (κ1) is 15.1. The van der Waals surface area contributed by atoms with Crippen molar-refractivity contribution in [2.45, 2.75) is 18.9 Å².